The Kier molecular flexibility index (Phi) is 4.29. The van der Waals surface area contributed by atoms with Gasteiger partial charge < -0.3 is 5.32 Å². The van der Waals surface area contributed by atoms with Gasteiger partial charge in [-0.15, -0.1) is 10.2 Å². The van der Waals surface area contributed by atoms with Gasteiger partial charge in [-0.2, -0.15) is 15.3 Å². The third-order valence-corrected chi connectivity index (χ3v) is 4.09. The van der Waals surface area contributed by atoms with Crippen LogP contribution >= 0.6 is 0 Å². The minimum atomic E-state index is -0.271. The highest BCUT2D eigenvalue weighted by molar-refractivity contribution is 5.92. The highest BCUT2D eigenvalue weighted by Crippen LogP contribution is 2.17. The average molecular weight is 363 g/mol. The molecule has 0 aliphatic heterocycles. The molecule has 3 aromatic heterocycles. The molecule has 0 atom stereocenters. The summed E-state index contributed by atoms with van der Waals surface area (Å²) in [4.78, 5) is 21.0. The zero-order chi connectivity index (χ0) is 18.8. The molecular formula is C17H17N9O. The maximum absolute atomic E-state index is 12.6. The first-order chi connectivity index (χ1) is 13.1. The summed E-state index contributed by atoms with van der Waals surface area (Å²) < 4.78 is 1.65. The molecular weight excluding hydrogens is 346 g/mol. The van der Waals surface area contributed by atoms with Crippen LogP contribution in [-0.4, -0.2) is 46.1 Å². The van der Waals surface area contributed by atoms with Crippen LogP contribution in [0.15, 0.2) is 36.7 Å². The maximum Gasteiger partial charge on any atom is 0.270 e. The number of nitrogens with zero attached hydrogens (tertiary/aromatic N) is 7. The van der Waals surface area contributed by atoms with Crippen molar-refractivity contribution in [1.82, 2.24) is 45.5 Å². The lowest BCUT2D eigenvalue weighted by Crippen LogP contribution is -2.24. The molecule has 0 spiro atoms. The molecule has 0 saturated heterocycles. The number of fused-ring (bicyclic) bond motifs is 1. The lowest BCUT2D eigenvalue weighted by Gasteiger charge is -2.10. The zero-order valence-electron chi connectivity index (χ0n) is 14.8. The second-order valence-corrected chi connectivity index (χ2v) is 6.31. The van der Waals surface area contributed by atoms with E-state index in [2.05, 4.69) is 41.0 Å². The third-order valence-electron chi connectivity index (χ3n) is 4.09. The maximum atomic E-state index is 12.6. The number of H-pyrrole nitrogens is 1. The number of carbonyl (C=O) groups is 1. The molecule has 0 fully saturated rings. The fourth-order valence-corrected chi connectivity index (χ4v) is 2.74. The van der Waals surface area contributed by atoms with E-state index < -0.39 is 0 Å². The minimum Gasteiger partial charge on any atom is -0.347 e. The topological polar surface area (TPSA) is 127 Å². The van der Waals surface area contributed by atoms with Crippen LogP contribution in [0.3, 0.4) is 0 Å². The van der Waals surface area contributed by atoms with Gasteiger partial charge in [0.1, 0.15) is 12.0 Å². The summed E-state index contributed by atoms with van der Waals surface area (Å²) in [5, 5.41) is 21.0. The second kappa shape index (κ2) is 6.90. The fraction of sp³-hybridized carbons (Fsp3) is 0.235. The summed E-state index contributed by atoms with van der Waals surface area (Å²) in [5.41, 5.74) is 2.93. The van der Waals surface area contributed by atoms with Gasteiger partial charge in [-0.1, -0.05) is 32.0 Å². The lowest BCUT2D eigenvalue weighted by atomic mass is 10.1. The standard InChI is InChI=1S/C17H17N9O/c1-10(2)14-7-13(21-17-19-9-20-26(14)17)16(27)18-8-11-4-3-5-12(6-11)15-22-24-25-23-15/h3-7,9-10H,8H2,1-2H3,(H,18,27)(H,22,23,24,25). The number of tetrazole rings is 1. The Morgan fingerprint density at radius 1 is 1.30 bits per heavy atom. The molecule has 2 N–H and O–H groups in total. The van der Waals surface area contributed by atoms with Crippen molar-refractivity contribution >= 4 is 11.7 Å². The van der Waals surface area contributed by atoms with Crippen molar-refractivity contribution in [2.24, 2.45) is 0 Å². The van der Waals surface area contributed by atoms with Crippen LogP contribution in [0.1, 0.15) is 41.5 Å². The molecule has 0 aliphatic rings. The minimum absolute atomic E-state index is 0.176. The Balaban J connectivity index is 1.53. The summed E-state index contributed by atoms with van der Waals surface area (Å²) >= 11 is 0. The van der Waals surface area contributed by atoms with Gasteiger partial charge >= 0.3 is 0 Å². The van der Waals surface area contributed by atoms with E-state index in [9.17, 15) is 4.79 Å². The first-order valence-electron chi connectivity index (χ1n) is 8.43. The number of benzene rings is 1. The van der Waals surface area contributed by atoms with E-state index in [0.29, 0.717) is 23.8 Å². The molecule has 0 radical (unpaired) electrons. The van der Waals surface area contributed by atoms with Gasteiger partial charge in [0.15, 0.2) is 0 Å². The molecule has 0 saturated carbocycles. The SMILES string of the molecule is CC(C)c1cc(C(=O)NCc2cccc(-c3nn[nH]n3)c2)nc2ncnn12. The first-order valence-corrected chi connectivity index (χ1v) is 8.43. The van der Waals surface area contributed by atoms with Crippen LogP contribution < -0.4 is 5.32 Å². The molecule has 136 valence electrons. The molecule has 4 aromatic rings. The van der Waals surface area contributed by atoms with Crippen molar-refractivity contribution in [2.75, 3.05) is 0 Å². The van der Waals surface area contributed by atoms with Crippen LogP contribution in [0, 0.1) is 0 Å². The molecule has 10 nitrogen and oxygen atoms in total. The predicted molar refractivity (Wildman–Crippen MR) is 95.7 cm³/mol. The van der Waals surface area contributed by atoms with Crippen LogP contribution in [0.4, 0.5) is 0 Å². The number of rotatable bonds is 5. The van der Waals surface area contributed by atoms with Crippen LogP contribution in [0.5, 0.6) is 0 Å². The van der Waals surface area contributed by atoms with E-state index >= 15 is 0 Å². The highest BCUT2D eigenvalue weighted by atomic mass is 16.1. The largest absolute Gasteiger partial charge is 0.347 e. The normalized spacial score (nSPS) is 11.2. The zero-order valence-corrected chi connectivity index (χ0v) is 14.8. The van der Waals surface area contributed by atoms with Crippen molar-refractivity contribution in [3.63, 3.8) is 0 Å². The van der Waals surface area contributed by atoms with E-state index in [0.717, 1.165) is 16.8 Å². The van der Waals surface area contributed by atoms with Crippen LogP contribution in [-0.2, 0) is 6.54 Å². The number of aromatic amines is 1. The van der Waals surface area contributed by atoms with Crippen molar-refractivity contribution in [3.05, 3.63) is 53.6 Å². The van der Waals surface area contributed by atoms with Gasteiger partial charge in [0.2, 0.25) is 5.82 Å². The number of hydrogen-bond acceptors (Lipinski definition) is 7. The van der Waals surface area contributed by atoms with Gasteiger partial charge in [-0.25, -0.2) is 9.50 Å². The van der Waals surface area contributed by atoms with Crippen molar-refractivity contribution < 1.29 is 4.79 Å². The molecule has 0 bridgehead atoms. The Hall–Kier alpha value is -3.69. The van der Waals surface area contributed by atoms with Gasteiger partial charge in [-0.05, 0) is 28.8 Å². The highest BCUT2D eigenvalue weighted by Gasteiger charge is 2.15. The lowest BCUT2D eigenvalue weighted by molar-refractivity contribution is 0.0946. The number of hydrogen-bond donors (Lipinski definition) is 2. The Morgan fingerprint density at radius 2 is 2.19 bits per heavy atom. The fourth-order valence-electron chi connectivity index (χ4n) is 2.74. The number of aromatic nitrogens is 8. The van der Waals surface area contributed by atoms with Crippen molar-refractivity contribution in [1.29, 1.82) is 0 Å². The molecule has 27 heavy (non-hydrogen) atoms. The average Bonchev–Trinajstić information content (AvgIpc) is 3.36. The summed E-state index contributed by atoms with van der Waals surface area (Å²) in [6, 6.07) is 9.33. The monoisotopic (exact) mass is 363 g/mol. The molecule has 0 aliphatic carbocycles. The molecule has 4 rings (SSSR count). The second-order valence-electron chi connectivity index (χ2n) is 6.31. The van der Waals surface area contributed by atoms with Gasteiger partial charge in [0, 0.05) is 12.1 Å². The van der Waals surface area contributed by atoms with Gasteiger partial charge in [0.05, 0.1) is 5.69 Å². The molecule has 1 aromatic carbocycles. The van der Waals surface area contributed by atoms with Crippen LogP contribution in [0.25, 0.3) is 17.2 Å². The smallest absolute Gasteiger partial charge is 0.270 e. The number of nitrogens with one attached hydrogen (secondary N) is 2. The Morgan fingerprint density at radius 3 is 2.96 bits per heavy atom. The van der Waals surface area contributed by atoms with Crippen LogP contribution in [0.2, 0.25) is 0 Å². The summed E-state index contributed by atoms with van der Waals surface area (Å²) in [7, 11) is 0. The molecule has 3 heterocycles. The van der Waals surface area contributed by atoms with Crippen molar-refractivity contribution in [3.8, 4) is 11.4 Å². The van der Waals surface area contributed by atoms with E-state index in [1.54, 1.807) is 10.6 Å². The predicted octanol–water partition coefficient (Wildman–Crippen LogP) is 1.36. The summed E-state index contributed by atoms with van der Waals surface area (Å²) in [6.45, 7) is 4.41. The Labute approximate surface area is 154 Å². The van der Waals surface area contributed by atoms with E-state index in [-0.39, 0.29) is 11.8 Å². The van der Waals surface area contributed by atoms with Crippen molar-refractivity contribution in [2.45, 2.75) is 26.3 Å². The quantitative estimate of drug-likeness (QED) is 0.548. The van der Waals surface area contributed by atoms with E-state index in [4.69, 9.17) is 0 Å². The molecule has 0 unspecified atom stereocenters. The summed E-state index contributed by atoms with van der Waals surface area (Å²) in [5.74, 6) is 0.817. The molecule has 1 amide bonds. The van der Waals surface area contributed by atoms with Gasteiger partial charge in [-0.3, -0.25) is 4.79 Å². The first kappa shape index (κ1) is 16.8. The van der Waals surface area contributed by atoms with E-state index in [1.807, 2.05) is 38.1 Å². The third kappa shape index (κ3) is 3.36. The molecule has 10 heteroatoms. The number of carbonyl (C=O) groups excluding carboxylic acids is 1. The summed E-state index contributed by atoms with van der Waals surface area (Å²) in [6.07, 6.45) is 1.43. The number of amides is 1. The Bertz CT molecular complexity index is 1080. The van der Waals surface area contributed by atoms with Gasteiger partial charge in [0.25, 0.3) is 11.7 Å². The van der Waals surface area contributed by atoms with E-state index in [1.165, 1.54) is 6.33 Å².